The van der Waals surface area contributed by atoms with Gasteiger partial charge in [-0.15, -0.1) is 0 Å². The van der Waals surface area contributed by atoms with Crippen LogP contribution in [-0.4, -0.2) is 54.2 Å². The molecule has 1 heterocycles. The molecule has 1 aromatic rings. The Morgan fingerprint density at radius 3 is 2.91 bits per heavy atom. The molecule has 6 nitrogen and oxygen atoms in total. The molecule has 1 aliphatic rings. The Bertz CT molecular complexity index is 574. The summed E-state index contributed by atoms with van der Waals surface area (Å²) < 4.78 is 5.44. The molecule has 0 unspecified atom stereocenters. The van der Waals surface area contributed by atoms with Crippen molar-refractivity contribution < 1.29 is 19.4 Å². The molecule has 2 N–H and O–H groups in total. The van der Waals surface area contributed by atoms with Crippen molar-refractivity contribution in [3.63, 3.8) is 0 Å². The van der Waals surface area contributed by atoms with Gasteiger partial charge in [-0.05, 0) is 36.6 Å². The summed E-state index contributed by atoms with van der Waals surface area (Å²) in [6, 6.07) is 5.23. The second-order valence-electron chi connectivity index (χ2n) is 5.83. The highest BCUT2D eigenvalue weighted by Gasteiger charge is 2.23. The maximum Gasteiger partial charge on any atom is 0.335 e. The second-order valence-corrected chi connectivity index (χ2v) is 5.83. The lowest BCUT2D eigenvalue weighted by atomic mass is 10.0. The quantitative estimate of drug-likeness (QED) is 0.829. The maximum absolute atomic E-state index is 12.2. The first-order chi connectivity index (χ1) is 11.0. The number of amides is 1. The van der Waals surface area contributed by atoms with Gasteiger partial charge in [0.05, 0.1) is 25.3 Å². The summed E-state index contributed by atoms with van der Waals surface area (Å²) in [4.78, 5) is 25.3. The fourth-order valence-corrected chi connectivity index (χ4v) is 2.70. The SMILES string of the molecule is CC[C@H]1COCCN1CC(=O)NCc1cc(C(=O)O)ccc1C. The van der Waals surface area contributed by atoms with Crippen molar-refractivity contribution in [1.82, 2.24) is 10.2 Å². The van der Waals surface area contributed by atoms with Gasteiger partial charge in [0.2, 0.25) is 5.91 Å². The first-order valence-electron chi connectivity index (χ1n) is 7.92. The number of benzene rings is 1. The van der Waals surface area contributed by atoms with Crippen molar-refractivity contribution in [1.29, 1.82) is 0 Å². The van der Waals surface area contributed by atoms with E-state index >= 15 is 0 Å². The average molecular weight is 320 g/mol. The van der Waals surface area contributed by atoms with E-state index < -0.39 is 5.97 Å². The molecule has 0 aromatic heterocycles. The van der Waals surface area contributed by atoms with Gasteiger partial charge in [-0.3, -0.25) is 9.69 Å². The van der Waals surface area contributed by atoms with Crippen LogP contribution in [0.15, 0.2) is 18.2 Å². The molecule has 2 rings (SSSR count). The van der Waals surface area contributed by atoms with Gasteiger partial charge in [0.25, 0.3) is 0 Å². The van der Waals surface area contributed by atoms with Gasteiger partial charge in [0.15, 0.2) is 0 Å². The fraction of sp³-hybridized carbons (Fsp3) is 0.529. The highest BCUT2D eigenvalue weighted by atomic mass is 16.5. The standard InChI is InChI=1S/C17H24N2O4/c1-3-15-11-23-7-6-19(15)10-16(20)18-9-14-8-13(17(21)22)5-4-12(14)2/h4-5,8,15H,3,6-7,9-11H2,1-2H3,(H,18,20)(H,21,22)/t15-/m0/s1. The number of rotatable bonds is 6. The lowest BCUT2D eigenvalue weighted by Crippen LogP contribution is -2.49. The molecular weight excluding hydrogens is 296 g/mol. The summed E-state index contributed by atoms with van der Waals surface area (Å²) in [5.41, 5.74) is 2.03. The van der Waals surface area contributed by atoms with Gasteiger partial charge >= 0.3 is 5.97 Å². The average Bonchev–Trinajstić information content (AvgIpc) is 2.54. The maximum atomic E-state index is 12.2. The number of hydrogen-bond acceptors (Lipinski definition) is 4. The predicted octanol–water partition coefficient (Wildman–Crippen LogP) is 1.42. The Labute approximate surface area is 136 Å². The lowest BCUT2D eigenvalue weighted by molar-refractivity contribution is -0.124. The number of aromatic carboxylic acids is 1. The normalized spacial score (nSPS) is 18.6. The van der Waals surface area contributed by atoms with Crippen LogP contribution < -0.4 is 5.32 Å². The van der Waals surface area contributed by atoms with Crippen molar-refractivity contribution in [2.75, 3.05) is 26.3 Å². The summed E-state index contributed by atoms with van der Waals surface area (Å²) in [6.45, 7) is 6.77. The number of carboxylic acids is 1. The minimum atomic E-state index is -0.961. The molecule has 0 aliphatic carbocycles. The Morgan fingerprint density at radius 1 is 1.43 bits per heavy atom. The van der Waals surface area contributed by atoms with Crippen LogP contribution in [0.25, 0.3) is 0 Å². The number of ether oxygens (including phenoxy) is 1. The molecule has 0 radical (unpaired) electrons. The molecule has 1 amide bonds. The van der Waals surface area contributed by atoms with E-state index in [1.165, 1.54) is 0 Å². The number of nitrogens with one attached hydrogen (secondary N) is 1. The van der Waals surface area contributed by atoms with E-state index in [1.54, 1.807) is 18.2 Å². The first kappa shape index (κ1) is 17.4. The van der Waals surface area contributed by atoms with E-state index in [2.05, 4.69) is 17.1 Å². The zero-order valence-electron chi connectivity index (χ0n) is 13.7. The summed E-state index contributed by atoms with van der Waals surface area (Å²) in [6.07, 6.45) is 0.951. The number of carbonyl (C=O) groups is 2. The molecule has 1 aromatic carbocycles. The fourth-order valence-electron chi connectivity index (χ4n) is 2.70. The molecule has 1 fully saturated rings. The smallest absolute Gasteiger partial charge is 0.335 e. The third-order valence-electron chi connectivity index (χ3n) is 4.24. The predicted molar refractivity (Wildman–Crippen MR) is 86.5 cm³/mol. The number of hydrogen-bond donors (Lipinski definition) is 2. The number of carboxylic acid groups (broad SMARTS) is 1. The molecule has 0 saturated carbocycles. The van der Waals surface area contributed by atoms with Gasteiger partial charge in [-0.2, -0.15) is 0 Å². The lowest BCUT2D eigenvalue weighted by Gasteiger charge is -2.34. The highest BCUT2D eigenvalue weighted by Crippen LogP contribution is 2.12. The molecule has 6 heteroatoms. The van der Waals surface area contributed by atoms with E-state index in [1.807, 2.05) is 6.92 Å². The van der Waals surface area contributed by atoms with Crippen molar-refractivity contribution in [2.24, 2.45) is 0 Å². The number of carbonyl (C=O) groups excluding carboxylic acids is 1. The van der Waals surface area contributed by atoms with Crippen LogP contribution >= 0.6 is 0 Å². The van der Waals surface area contributed by atoms with Gasteiger partial charge < -0.3 is 15.2 Å². The first-order valence-corrected chi connectivity index (χ1v) is 7.92. The summed E-state index contributed by atoms with van der Waals surface area (Å²) in [5, 5.41) is 11.9. The van der Waals surface area contributed by atoms with Gasteiger partial charge in [0, 0.05) is 19.1 Å². The van der Waals surface area contributed by atoms with E-state index in [4.69, 9.17) is 9.84 Å². The van der Waals surface area contributed by atoms with E-state index in [-0.39, 0.29) is 17.5 Å². The van der Waals surface area contributed by atoms with Crippen LogP contribution in [0.3, 0.4) is 0 Å². The molecule has 126 valence electrons. The highest BCUT2D eigenvalue weighted by molar-refractivity contribution is 5.88. The number of aryl methyl sites for hydroxylation is 1. The van der Waals surface area contributed by atoms with Gasteiger partial charge in [-0.25, -0.2) is 4.79 Å². The summed E-state index contributed by atoms with van der Waals surface area (Å²) in [7, 11) is 0. The van der Waals surface area contributed by atoms with Crippen LogP contribution in [-0.2, 0) is 16.1 Å². The third kappa shape index (κ3) is 4.77. The Morgan fingerprint density at radius 2 is 2.22 bits per heavy atom. The van der Waals surface area contributed by atoms with Crippen LogP contribution in [0.2, 0.25) is 0 Å². The van der Waals surface area contributed by atoms with Crippen molar-refractivity contribution in [2.45, 2.75) is 32.9 Å². The van der Waals surface area contributed by atoms with Gasteiger partial charge in [0.1, 0.15) is 0 Å². The molecule has 0 spiro atoms. The molecule has 23 heavy (non-hydrogen) atoms. The Kier molecular flexibility index (Phi) is 6.12. The van der Waals surface area contributed by atoms with Crippen LogP contribution in [0, 0.1) is 6.92 Å². The number of morpholine rings is 1. The minimum absolute atomic E-state index is 0.0505. The van der Waals surface area contributed by atoms with Crippen LogP contribution in [0.1, 0.15) is 34.8 Å². The molecule has 1 atom stereocenters. The molecule has 1 aliphatic heterocycles. The van der Waals surface area contributed by atoms with E-state index in [0.29, 0.717) is 26.3 Å². The largest absolute Gasteiger partial charge is 0.478 e. The van der Waals surface area contributed by atoms with Crippen LogP contribution in [0.4, 0.5) is 0 Å². The molecule has 1 saturated heterocycles. The van der Waals surface area contributed by atoms with Crippen molar-refractivity contribution in [3.05, 3.63) is 34.9 Å². The van der Waals surface area contributed by atoms with E-state index in [9.17, 15) is 9.59 Å². The minimum Gasteiger partial charge on any atom is -0.478 e. The van der Waals surface area contributed by atoms with Gasteiger partial charge in [-0.1, -0.05) is 13.0 Å². The van der Waals surface area contributed by atoms with Crippen molar-refractivity contribution >= 4 is 11.9 Å². The van der Waals surface area contributed by atoms with Crippen LogP contribution in [0.5, 0.6) is 0 Å². The molecular formula is C17H24N2O4. The number of nitrogens with zero attached hydrogens (tertiary/aromatic N) is 1. The van der Waals surface area contributed by atoms with Crippen molar-refractivity contribution in [3.8, 4) is 0 Å². The Hall–Kier alpha value is -1.92. The molecule has 0 bridgehead atoms. The second kappa shape index (κ2) is 8.08. The zero-order chi connectivity index (χ0) is 16.8. The monoisotopic (exact) mass is 320 g/mol. The van der Waals surface area contributed by atoms with E-state index in [0.717, 1.165) is 24.1 Å². The zero-order valence-corrected chi connectivity index (χ0v) is 13.7. The third-order valence-corrected chi connectivity index (χ3v) is 4.24. The Balaban J connectivity index is 1.91. The summed E-state index contributed by atoms with van der Waals surface area (Å²) in [5.74, 6) is -1.01. The summed E-state index contributed by atoms with van der Waals surface area (Å²) >= 11 is 0. The topological polar surface area (TPSA) is 78.9 Å².